The fraction of sp³-hybridized carbons (Fsp3) is 0.0476. The molecule has 0 aliphatic heterocycles. The molecule has 0 spiro atoms. The van der Waals surface area contributed by atoms with Crippen LogP contribution in [-0.4, -0.2) is 11.1 Å². The van der Waals surface area contributed by atoms with Gasteiger partial charge in [0.2, 0.25) is 0 Å². The predicted molar refractivity (Wildman–Crippen MR) is 98.5 cm³/mol. The van der Waals surface area contributed by atoms with Gasteiger partial charge in [-0.25, -0.2) is 4.39 Å². The van der Waals surface area contributed by atoms with E-state index in [-0.39, 0.29) is 5.69 Å². The second kappa shape index (κ2) is 6.44. The van der Waals surface area contributed by atoms with Crippen molar-refractivity contribution in [2.24, 2.45) is 0 Å². The quantitative estimate of drug-likeness (QED) is 0.555. The van der Waals surface area contributed by atoms with Crippen molar-refractivity contribution in [1.29, 1.82) is 0 Å². The summed E-state index contributed by atoms with van der Waals surface area (Å²) in [6, 6.07) is 19.0. The van der Waals surface area contributed by atoms with E-state index in [1.807, 2.05) is 31.2 Å². The highest BCUT2D eigenvalue weighted by atomic mass is 19.1. The minimum absolute atomic E-state index is 0.140. The monoisotopic (exact) mass is 346 g/mol. The summed E-state index contributed by atoms with van der Waals surface area (Å²) >= 11 is 0. The van der Waals surface area contributed by atoms with Crippen LogP contribution in [0.25, 0.3) is 22.2 Å². The van der Waals surface area contributed by atoms with E-state index in [0.717, 1.165) is 16.5 Å². The van der Waals surface area contributed by atoms with Gasteiger partial charge in [0.1, 0.15) is 11.3 Å². The van der Waals surface area contributed by atoms with Crippen LogP contribution < -0.4 is 5.32 Å². The molecular formula is C21H15FN2O2. The molecule has 1 heterocycles. The molecule has 0 aliphatic rings. The van der Waals surface area contributed by atoms with Crippen LogP contribution in [0.5, 0.6) is 0 Å². The Hall–Kier alpha value is -3.47. The lowest BCUT2D eigenvalue weighted by Gasteiger charge is -2.06. The number of hydrogen-bond acceptors (Lipinski definition) is 3. The zero-order chi connectivity index (χ0) is 18.1. The zero-order valence-electron chi connectivity index (χ0n) is 14.0. The maximum Gasteiger partial charge on any atom is 0.255 e. The fourth-order valence-corrected chi connectivity index (χ4v) is 2.75. The van der Waals surface area contributed by atoms with Crippen LogP contribution in [-0.2, 0) is 0 Å². The predicted octanol–water partition coefficient (Wildman–Crippen LogP) is 5.19. The van der Waals surface area contributed by atoms with Gasteiger partial charge in [-0.15, -0.1) is 0 Å². The average molecular weight is 346 g/mol. The van der Waals surface area contributed by atoms with Crippen LogP contribution in [0.15, 0.2) is 71.3 Å². The number of fused-ring (bicyclic) bond motifs is 1. The van der Waals surface area contributed by atoms with Gasteiger partial charge in [-0.1, -0.05) is 47.1 Å². The van der Waals surface area contributed by atoms with Crippen molar-refractivity contribution in [3.8, 4) is 11.3 Å². The highest BCUT2D eigenvalue weighted by Crippen LogP contribution is 2.29. The van der Waals surface area contributed by atoms with E-state index in [9.17, 15) is 9.18 Å². The van der Waals surface area contributed by atoms with Gasteiger partial charge in [-0.2, -0.15) is 0 Å². The van der Waals surface area contributed by atoms with E-state index in [2.05, 4.69) is 10.5 Å². The number of nitrogens with zero attached hydrogens (tertiary/aromatic N) is 1. The average Bonchev–Trinajstić information content (AvgIpc) is 3.07. The van der Waals surface area contributed by atoms with Crippen molar-refractivity contribution in [3.05, 3.63) is 83.7 Å². The molecule has 4 rings (SSSR count). The first-order valence-electron chi connectivity index (χ1n) is 8.14. The molecule has 0 aliphatic carbocycles. The number of aromatic nitrogens is 1. The molecule has 0 saturated heterocycles. The number of halogens is 1. The van der Waals surface area contributed by atoms with E-state index >= 15 is 0 Å². The number of aryl methyl sites for hydroxylation is 1. The summed E-state index contributed by atoms with van der Waals surface area (Å²) in [5, 5.41) is 7.37. The van der Waals surface area contributed by atoms with Gasteiger partial charge in [0.05, 0.1) is 11.1 Å². The Bertz CT molecular complexity index is 1100. The van der Waals surface area contributed by atoms with Gasteiger partial charge < -0.3 is 9.84 Å². The number of hydrogen-bond donors (Lipinski definition) is 1. The topological polar surface area (TPSA) is 55.1 Å². The van der Waals surface area contributed by atoms with Crippen molar-refractivity contribution in [1.82, 2.24) is 5.16 Å². The van der Waals surface area contributed by atoms with Gasteiger partial charge in [0.25, 0.3) is 5.91 Å². The normalized spacial score (nSPS) is 10.8. The van der Waals surface area contributed by atoms with Crippen molar-refractivity contribution in [2.45, 2.75) is 6.92 Å². The van der Waals surface area contributed by atoms with Crippen molar-refractivity contribution >= 4 is 22.5 Å². The molecule has 0 fully saturated rings. The van der Waals surface area contributed by atoms with Crippen LogP contribution in [0.1, 0.15) is 15.9 Å². The molecule has 0 bridgehead atoms. The molecule has 1 N–H and O–H groups in total. The van der Waals surface area contributed by atoms with E-state index in [0.29, 0.717) is 16.8 Å². The van der Waals surface area contributed by atoms with Crippen LogP contribution in [0.3, 0.4) is 0 Å². The number of nitrogens with one attached hydrogen (secondary N) is 1. The lowest BCUT2D eigenvalue weighted by Crippen LogP contribution is -2.12. The summed E-state index contributed by atoms with van der Waals surface area (Å²) < 4.78 is 19.2. The second-order valence-electron chi connectivity index (χ2n) is 6.04. The highest BCUT2D eigenvalue weighted by molar-refractivity contribution is 6.07. The molecule has 5 heteroatoms. The maximum absolute atomic E-state index is 13.7. The van der Waals surface area contributed by atoms with E-state index in [1.54, 1.807) is 30.3 Å². The Labute approximate surface area is 149 Å². The van der Waals surface area contributed by atoms with Gasteiger partial charge >= 0.3 is 0 Å². The van der Waals surface area contributed by atoms with E-state index < -0.39 is 11.7 Å². The lowest BCUT2D eigenvalue weighted by atomic mass is 10.0. The SMILES string of the molecule is Cc1ccc(-c2onc3ccc(C(=O)Nc4ccccc4F)cc23)cc1. The standard InChI is InChI=1S/C21H15FN2O2/c1-13-6-8-14(9-7-13)20-16-12-15(10-11-18(16)24-26-20)21(25)23-19-5-3-2-4-17(19)22/h2-12H,1H3,(H,23,25). The first-order chi connectivity index (χ1) is 12.6. The van der Waals surface area contributed by atoms with E-state index in [1.165, 1.54) is 12.1 Å². The van der Waals surface area contributed by atoms with Crippen molar-refractivity contribution < 1.29 is 13.7 Å². The molecule has 1 amide bonds. The molecule has 26 heavy (non-hydrogen) atoms. The second-order valence-corrected chi connectivity index (χ2v) is 6.04. The van der Waals surface area contributed by atoms with Crippen LogP contribution in [0, 0.1) is 12.7 Å². The smallest absolute Gasteiger partial charge is 0.255 e. The third kappa shape index (κ3) is 2.95. The molecule has 4 nitrogen and oxygen atoms in total. The number of carbonyl (C=O) groups is 1. The Kier molecular flexibility index (Phi) is 3.97. The molecule has 0 saturated carbocycles. The molecule has 1 aromatic heterocycles. The Morgan fingerprint density at radius 2 is 1.81 bits per heavy atom. The van der Waals surface area contributed by atoms with Crippen molar-refractivity contribution in [2.75, 3.05) is 5.32 Å². The molecule has 0 atom stereocenters. The molecule has 0 radical (unpaired) electrons. The Balaban J connectivity index is 1.71. The summed E-state index contributed by atoms with van der Waals surface area (Å²) in [5.74, 6) is -0.277. The third-order valence-corrected chi connectivity index (χ3v) is 4.17. The minimum Gasteiger partial charge on any atom is -0.355 e. The van der Waals surface area contributed by atoms with Gasteiger partial charge in [-0.3, -0.25) is 4.79 Å². The third-order valence-electron chi connectivity index (χ3n) is 4.17. The van der Waals surface area contributed by atoms with E-state index in [4.69, 9.17) is 4.52 Å². The number of para-hydroxylation sites is 1. The van der Waals surface area contributed by atoms with Gasteiger partial charge in [0, 0.05) is 11.1 Å². The summed E-state index contributed by atoms with van der Waals surface area (Å²) in [7, 11) is 0. The molecule has 0 unspecified atom stereocenters. The molecule has 4 aromatic rings. The Morgan fingerprint density at radius 3 is 2.58 bits per heavy atom. The first kappa shape index (κ1) is 16.0. The van der Waals surface area contributed by atoms with Gasteiger partial charge in [-0.05, 0) is 37.3 Å². The number of rotatable bonds is 3. The summed E-state index contributed by atoms with van der Waals surface area (Å²) in [5.41, 5.74) is 3.22. The highest BCUT2D eigenvalue weighted by Gasteiger charge is 2.15. The molecule has 3 aromatic carbocycles. The largest absolute Gasteiger partial charge is 0.355 e. The Morgan fingerprint density at radius 1 is 1.04 bits per heavy atom. The summed E-state index contributed by atoms with van der Waals surface area (Å²) in [4.78, 5) is 12.5. The molecule has 128 valence electrons. The number of amides is 1. The summed E-state index contributed by atoms with van der Waals surface area (Å²) in [6.45, 7) is 2.01. The van der Waals surface area contributed by atoms with Crippen LogP contribution >= 0.6 is 0 Å². The zero-order valence-corrected chi connectivity index (χ0v) is 14.0. The van der Waals surface area contributed by atoms with Crippen molar-refractivity contribution in [3.63, 3.8) is 0 Å². The van der Waals surface area contributed by atoms with Crippen LogP contribution in [0.2, 0.25) is 0 Å². The maximum atomic E-state index is 13.7. The number of benzene rings is 3. The van der Waals surface area contributed by atoms with Crippen LogP contribution in [0.4, 0.5) is 10.1 Å². The summed E-state index contributed by atoms with van der Waals surface area (Å²) in [6.07, 6.45) is 0. The lowest BCUT2D eigenvalue weighted by molar-refractivity contribution is 0.102. The number of anilines is 1. The minimum atomic E-state index is -0.479. The number of carbonyl (C=O) groups excluding carboxylic acids is 1. The van der Waals surface area contributed by atoms with Gasteiger partial charge in [0.15, 0.2) is 5.76 Å². The fourth-order valence-electron chi connectivity index (χ4n) is 2.75. The first-order valence-corrected chi connectivity index (χ1v) is 8.14. The molecular weight excluding hydrogens is 331 g/mol.